The van der Waals surface area contributed by atoms with E-state index in [9.17, 15) is 9.59 Å². The maximum atomic E-state index is 12.5. The zero-order valence-corrected chi connectivity index (χ0v) is 12.9. The van der Waals surface area contributed by atoms with Crippen molar-refractivity contribution in [2.45, 2.75) is 0 Å². The Bertz CT molecular complexity index is 785. The number of anilines is 1. The van der Waals surface area contributed by atoms with Crippen molar-refractivity contribution in [1.29, 1.82) is 0 Å². The van der Waals surface area contributed by atoms with E-state index in [1.807, 2.05) is 18.2 Å². The Morgan fingerprint density at radius 1 is 0.955 bits per heavy atom. The third-order valence-electron chi connectivity index (χ3n) is 3.43. The zero-order valence-electron chi connectivity index (χ0n) is 11.4. The molecule has 1 aliphatic rings. The average molecular weight is 332 g/mol. The number of rotatable bonds is 2. The van der Waals surface area contributed by atoms with Crippen LogP contribution in [-0.2, 0) is 9.59 Å². The zero-order chi connectivity index (χ0) is 15.7. The fourth-order valence-corrected chi connectivity index (χ4v) is 2.67. The SMILES string of the molecule is O=C1CN(c2ccccc2)C(=O)/C1=C/c1cccc(Cl)c1Cl. The Balaban J connectivity index is 1.99. The number of Topliss-reactive ketones (excluding diaryl/α,β-unsaturated/α-hetero) is 1. The molecule has 0 N–H and O–H groups in total. The van der Waals surface area contributed by atoms with Gasteiger partial charge in [-0.3, -0.25) is 9.59 Å². The number of benzene rings is 2. The Hall–Kier alpha value is -2.10. The number of ketones is 1. The van der Waals surface area contributed by atoms with Crippen molar-refractivity contribution in [3.8, 4) is 0 Å². The van der Waals surface area contributed by atoms with E-state index in [-0.39, 0.29) is 23.8 Å². The maximum absolute atomic E-state index is 12.5. The van der Waals surface area contributed by atoms with E-state index in [0.717, 1.165) is 0 Å². The first kappa shape index (κ1) is 14.8. The molecular formula is C17H11Cl2NO2. The molecule has 3 nitrogen and oxygen atoms in total. The molecule has 0 aliphatic carbocycles. The Labute approximate surface area is 137 Å². The smallest absolute Gasteiger partial charge is 0.262 e. The number of carbonyl (C=O) groups excluding carboxylic acids is 2. The van der Waals surface area contributed by atoms with E-state index < -0.39 is 0 Å². The second-order valence-electron chi connectivity index (χ2n) is 4.85. The second-order valence-corrected chi connectivity index (χ2v) is 5.64. The molecule has 0 atom stereocenters. The van der Waals surface area contributed by atoms with Gasteiger partial charge in [0.15, 0.2) is 5.78 Å². The molecule has 1 fully saturated rings. The van der Waals surface area contributed by atoms with E-state index in [0.29, 0.717) is 21.3 Å². The molecule has 22 heavy (non-hydrogen) atoms. The molecular weight excluding hydrogens is 321 g/mol. The number of amides is 1. The molecule has 0 unspecified atom stereocenters. The van der Waals surface area contributed by atoms with E-state index in [1.165, 1.54) is 11.0 Å². The monoisotopic (exact) mass is 331 g/mol. The Kier molecular flexibility index (Phi) is 4.01. The van der Waals surface area contributed by atoms with Gasteiger partial charge in [0.1, 0.15) is 0 Å². The lowest BCUT2D eigenvalue weighted by atomic mass is 10.1. The van der Waals surface area contributed by atoms with Crippen LogP contribution in [-0.4, -0.2) is 18.2 Å². The van der Waals surface area contributed by atoms with Crippen molar-refractivity contribution in [2.24, 2.45) is 0 Å². The first-order valence-corrected chi connectivity index (χ1v) is 7.39. The van der Waals surface area contributed by atoms with Gasteiger partial charge in [-0.25, -0.2) is 0 Å². The van der Waals surface area contributed by atoms with Gasteiger partial charge >= 0.3 is 0 Å². The van der Waals surface area contributed by atoms with Crippen LogP contribution in [0.1, 0.15) is 5.56 Å². The van der Waals surface area contributed by atoms with Crippen molar-refractivity contribution in [2.75, 3.05) is 11.4 Å². The minimum absolute atomic E-state index is 0.0346. The molecule has 5 heteroatoms. The van der Waals surface area contributed by atoms with Crippen LogP contribution < -0.4 is 4.90 Å². The highest BCUT2D eigenvalue weighted by molar-refractivity contribution is 6.43. The summed E-state index contributed by atoms with van der Waals surface area (Å²) >= 11 is 12.1. The first-order valence-electron chi connectivity index (χ1n) is 6.64. The topological polar surface area (TPSA) is 37.4 Å². The van der Waals surface area contributed by atoms with Gasteiger partial charge in [0, 0.05) is 5.69 Å². The highest BCUT2D eigenvalue weighted by Crippen LogP contribution is 2.29. The molecule has 0 bridgehead atoms. The lowest BCUT2D eigenvalue weighted by molar-refractivity contribution is -0.116. The number of carbonyl (C=O) groups is 2. The lowest BCUT2D eigenvalue weighted by Crippen LogP contribution is -2.24. The molecule has 110 valence electrons. The van der Waals surface area contributed by atoms with Crippen LogP contribution in [0.15, 0.2) is 54.1 Å². The van der Waals surface area contributed by atoms with Crippen LogP contribution in [0.4, 0.5) is 5.69 Å². The third-order valence-corrected chi connectivity index (χ3v) is 4.26. The van der Waals surface area contributed by atoms with Gasteiger partial charge in [-0.15, -0.1) is 0 Å². The largest absolute Gasteiger partial charge is 0.300 e. The summed E-state index contributed by atoms with van der Waals surface area (Å²) in [7, 11) is 0. The van der Waals surface area contributed by atoms with Crippen molar-refractivity contribution >= 4 is 46.7 Å². The predicted octanol–water partition coefficient (Wildman–Crippen LogP) is 3.99. The van der Waals surface area contributed by atoms with E-state index >= 15 is 0 Å². The van der Waals surface area contributed by atoms with Crippen LogP contribution in [0.2, 0.25) is 10.0 Å². The summed E-state index contributed by atoms with van der Waals surface area (Å²) in [5.74, 6) is -0.558. The van der Waals surface area contributed by atoms with Crippen LogP contribution in [0.3, 0.4) is 0 Å². The van der Waals surface area contributed by atoms with Gasteiger partial charge in [-0.1, -0.05) is 53.5 Å². The average Bonchev–Trinajstić information content (AvgIpc) is 2.80. The molecule has 2 aromatic rings. The number of halogens is 2. The normalized spacial score (nSPS) is 16.6. The predicted molar refractivity (Wildman–Crippen MR) is 88.2 cm³/mol. The first-order chi connectivity index (χ1) is 10.6. The summed E-state index contributed by atoms with van der Waals surface area (Å²) in [6.07, 6.45) is 1.50. The number of nitrogens with zero attached hydrogens (tertiary/aromatic N) is 1. The summed E-state index contributed by atoms with van der Waals surface area (Å²) < 4.78 is 0. The third kappa shape index (κ3) is 2.65. The lowest BCUT2D eigenvalue weighted by Gasteiger charge is -2.13. The molecule has 2 aromatic carbocycles. The fraction of sp³-hybridized carbons (Fsp3) is 0.0588. The summed E-state index contributed by atoms with van der Waals surface area (Å²) in [6.45, 7) is 0.0346. The van der Waals surface area contributed by atoms with Crippen molar-refractivity contribution in [3.05, 3.63) is 69.7 Å². The van der Waals surface area contributed by atoms with Crippen LogP contribution >= 0.6 is 23.2 Å². The molecule has 1 saturated heterocycles. The fourth-order valence-electron chi connectivity index (χ4n) is 2.31. The Morgan fingerprint density at radius 2 is 1.68 bits per heavy atom. The second kappa shape index (κ2) is 5.95. The van der Waals surface area contributed by atoms with Crippen molar-refractivity contribution in [3.63, 3.8) is 0 Å². The maximum Gasteiger partial charge on any atom is 0.262 e. The number of para-hydroxylation sites is 1. The molecule has 1 amide bonds. The highest BCUT2D eigenvalue weighted by atomic mass is 35.5. The number of hydrogen-bond acceptors (Lipinski definition) is 2. The van der Waals surface area contributed by atoms with Crippen molar-refractivity contribution < 1.29 is 9.59 Å². The van der Waals surface area contributed by atoms with Gasteiger partial charge < -0.3 is 4.90 Å². The van der Waals surface area contributed by atoms with Gasteiger partial charge in [0.25, 0.3) is 5.91 Å². The summed E-state index contributed by atoms with van der Waals surface area (Å²) in [5.41, 5.74) is 1.37. The molecule has 1 heterocycles. The van der Waals surface area contributed by atoms with E-state index in [4.69, 9.17) is 23.2 Å². The molecule has 0 spiro atoms. The van der Waals surface area contributed by atoms with Gasteiger partial charge in [-0.2, -0.15) is 0 Å². The van der Waals surface area contributed by atoms with E-state index in [1.54, 1.807) is 30.3 Å². The minimum atomic E-state index is -0.327. The van der Waals surface area contributed by atoms with Crippen LogP contribution in [0, 0.1) is 0 Å². The van der Waals surface area contributed by atoms with Crippen molar-refractivity contribution in [1.82, 2.24) is 0 Å². The summed E-state index contributed by atoms with van der Waals surface area (Å²) in [5, 5.41) is 0.712. The Morgan fingerprint density at radius 3 is 2.41 bits per heavy atom. The highest BCUT2D eigenvalue weighted by Gasteiger charge is 2.34. The molecule has 1 aliphatic heterocycles. The van der Waals surface area contributed by atoms with E-state index in [2.05, 4.69) is 0 Å². The van der Waals surface area contributed by atoms with Crippen LogP contribution in [0.25, 0.3) is 6.08 Å². The standard InChI is InChI=1S/C17H11Cl2NO2/c18-14-8-4-5-11(16(14)19)9-13-15(21)10-20(17(13)22)12-6-2-1-3-7-12/h1-9H,10H2/b13-9+. The molecule has 3 rings (SSSR count). The molecule has 0 radical (unpaired) electrons. The van der Waals surface area contributed by atoms with Gasteiger partial charge in [0.05, 0.1) is 22.2 Å². The number of hydrogen-bond donors (Lipinski definition) is 0. The minimum Gasteiger partial charge on any atom is -0.300 e. The van der Waals surface area contributed by atoms with Gasteiger partial charge in [-0.05, 0) is 29.8 Å². The summed E-state index contributed by atoms with van der Waals surface area (Å²) in [6, 6.07) is 14.2. The summed E-state index contributed by atoms with van der Waals surface area (Å²) in [4.78, 5) is 26.1. The molecule has 0 saturated carbocycles. The van der Waals surface area contributed by atoms with Gasteiger partial charge in [0.2, 0.25) is 0 Å². The molecule has 0 aromatic heterocycles. The van der Waals surface area contributed by atoms with Crippen LogP contribution in [0.5, 0.6) is 0 Å². The quantitative estimate of drug-likeness (QED) is 0.616.